The number of aryl methyl sites for hydroxylation is 1. The summed E-state index contributed by atoms with van der Waals surface area (Å²) in [5, 5.41) is 11.8. The fourth-order valence-corrected chi connectivity index (χ4v) is 4.90. The maximum atomic E-state index is 11.7. The van der Waals surface area contributed by atoms with Gasteiger partial charge in [-0.2, -0.15) is 4.41 Å². The van der Waals surface area contributed by atoms with E-state index >= 15 is 0 Å². The molecule has 1 aromatic heterocycles. The molecule has 1 N–H and O–H groups in total. The molecular formula is C25H26N3O5S-. The van der Waals surface area contributed by atoms with Crippen molar-refractivity contribution in [2.75, 3.05) is 31.1 Å². The number of hydrogen-bond donors (Lipinski definition) is 1. The van der Waals surface area contributed by atoms with Crippen LogP contribution in [0.15, 0.2) is 52.9 Å². The molecule has 1 fully saturated rings. The van der Waals surface area contributed by atoms with Gasteiger partial charge in [0.15, 0.2) is 5.76 Å². The number of nitrogens with zero attached hydrogens (tertiary/aromatic N) is 3. The fraction of sp³-hybridized carbons (Fsp3) is 0.320. The van der Waals surface area contributed by atoms with Crippen molar-refractivity contribution in [3.8, 4) is 11.8 Å². The average molecular weight is 481 g/mol. The van der Waals surface area contributed by atoms with E-state index in [0.717, 1.165) is 32.2 Å². The number of benzene rings is 2. The van der Waals surface area contributed by atoms with E-state index in [1.165, 1.54) is 0 Å². The Morgan fingerprint density at radius 1 is 1.15 bits per heavy atom. The van der Waals surface area contributed by atoms with E-state index in [0.29, 0.717) is 31.9 Å². The van der Waals surface area contributed by atoms with Crippen LogP contribution >= 0.6 is 0 Å². The van der Waals surface area contributed by atoms with Crippen LogP contribution in [0.1, 0.15) is 30.2 Å². The van der Waals surface area contributed by atoms with Crippen molar-refractivity contribution in [2.24, 2.45) is 0 Å². The molecule has 2 heterocycles. The van der Waals surface area contributed by atoms with Gasteiger partial charge in [0.2, 0.25) is 0 Å². The van der Waals surface area contributed by atoms with E-state index in [-0.39, 0.29) is 6.42 Å². The number of rotatable bonds is 6. The van der Waals surface area contributed by atoms with E-state index in [2.05, 4.69) is 16.7 Å². The molecule has 1 aliphatic rings. The van der Waals surface area contributed by atoms with Gasteiger partial charge in [-0.05, 0) is 50.1 Å². The number of carboxylic acids is 1. The number of hydrazine groups is 1. The summed E-state index contributed by atoms with van der Waals surface area (Å²) in [6.45, 7) is 5.80. The van der Waals surface area contributed by atoms with Gasteiger partial charge >= 0.3 is 5.97 Å². The molecule has 9 heteroatoms. The summed E-state index contributed by atoms with van der Waals surface area (Å²) in [6.07, 6.45) is -0.246. The number of fused-ring (bicyclic) bond motifs is 1. The second-order valence-electron chi connectivity index (χ2n) is 8.26. The smallest absolute Gasteiger partial charge is 0.305 e. The van der Waals surface area contributed by atoms with Crippen molar-refractivity contribution >= 4 is 33.9 Å². The standard InChI is InChI=1S/C25H27N3O5S/c1-18(17-25(29)30)28(34(31)32)27-15-13-26(14-16-27)21-10-7-20(8-11-21)9-12-23-19(2)22-5-3-4-6-24(22)33-23/h3-8,10-11,18H,13-17H2,1-2H3,(H,29,30)(H,31,32)/p-1. The van der Waals surface area contributed by atoms with Crippen molar-refractivity contribution in [1.82, 2.24) is 9.42 Å². The number of hydrogen-bond acceptors (Lipinski definition) is 6. The molecule has 1 aliphatic heterocycles. The highest BCUT2D eigenvalue weighted by Crippen LogP contribution is 2.24. The van der Waals surface area contributed by atoms with Gasteiger partial charge in [0.05, 0.1) is 6.42 Å². The minimum absolute atomic E-state index is 0.246. The molecule has 1 saturated heterocycles. The highest BCUT2D eigenvalue weighted by Gasteiger charge is 2.28. The number of aliphatic carboxylic acids is 1. The quantitative estimate of drug-likeness (QED) is 0.427. The first-order valence-corrected chi connectivity index (χ1v) is 12.1. The zero-order valence-electron chi connectivity index (χ0n) is 19.1. The van der Waals surface area contributed by atoms with E-state index < -0.39 is 23.3 Å². The minimum atomic E-state index is -2.53. The third-order valence-electron chi connectivity index (χ3n) is 5.93. The Hall–Kier alpha value is -3.16. The molecule has 0 amide bonds. The summed E-state index contributed by atoms with van der Waals surface area (Å²) >= 11 is -2.53. The molecule has 0 saturated carbocycles. The molecule has 0 spiro atoms. The van der Waals surface area contributed by atoms with Crippen molar-refractivity contribution in [2.45, 2.75) is 26.3 Å². The topological polar surface area (TPSA) is 100 Å². The lowest BCUT2D eigenvalue weighted by Crippen LogP contribution is -2.57. The lowest BCUT2D eigenvalue weighted by atomic mass is 10.1. The van der Waals surface area contributed by atoms with Gasteiger partial charge in [0.25, 0.3) is 0 Å². The maximum Gasteiger partial charge on any atom is 0.305 e. The molecular weight excluding hydrogens is 454 g/mol. The lowest BCUT2D eigenvalue weighted by molar-refractivity contribution is -0.139. The van der Waals surface area contributed by atoms with Crippen LogP contribution in [-0.2, 0) is 16.1 Å². The highest BCUT2D eigenvalue weighted by atomic mass is 32.2. The minimum Gasteiger partial charge on any atom is -0.759 e. The van der Waals surface area contributed by atoms with Crippen molar-refractivity contribution in [3.63, 3.8) is 0 Å². The van der Waals surface area contributed by atoms with E-state index in [1.807, 2.05) is 55.5 Å². The molecule has 2 unspecified atom stereocenters. The van der Waals surface area contributed by atoms with Gasteiger partial charge in [-0.25, -0.2) is 5.01 Å². The lowest BCUT2D eigenvalue weighted by Gasteiger charge is -2.44. The van der Waals surface area contributed by atoms with Crippen LogP contribution in [0.4, 0.5) is 5.69 Å². The van der Waals surface area contributed by atoms with Crippen molar-refractivity contribution in [3.05, 3.63) is 65.4 Å². The zero-order valence-corrected chi connectivity index (χ0v) is 19.9. The van der Waals surface area contributed by atoms with Crippen LogP contribution in [0.3, 0.4) is 0 Å². The molecule has 0 radical (unpaired) electrons. The average Bonchev–Trinajstić information content (AvgIpc) is 3.13. The Balaban J connectivity index is 1.40. The summed E-state index contributed by atoms with van der Waals surface area (Å²) in [5.74, 6) is 5.93. The van der Waals surface area contributed by atoms with Crippen LogP contribution < -0.4 is 4.90 Å². The maximum absolute atomic E-state index is 11.7. The number of furan rings is 1. The Kier molecular flexibility index (Phi) is 7.34. The van der Waals surface area contributed by atoms with Gasteiger partial charge in [-0.15, -0.1) is 0 Å². The normalized spacial score (nSPS) is 16.3. The SMILES string of the molecule is Cc1c(C#Cc2ccc(N3CCN(N(C(C)CC(=O)O)S(=O)[O-])CC3)cc2)oc2ccccc12. The van der Waals surface area contributed by atoms with Crippen molar-refractivity contribution in [1.29, 1.82) is 0 Å². The third-order valence-corrected chi connectivity index (χ3v) is 6.83. The summed E-state index contributed by atoms with van der Waals surface area (Å²) in [5.41, 5.74) is 3.76. The Morgan fingerprint density at radius 3 is 2.44 bits per heavy atom. The van der Waals surface area contributed by atoms with Gasteiger partial charge in [-0.1, -0.05) is 24.1 Å². The first-order valence-electron chi connectivity index (χ1n) is 11.0. The Bertz CT molecular complexity index is 1250. The van der Waals surface area contributed by atoms with Gasteiger partial charge in [-0.3, -0.25) is 9.00 Å². The van der Waals surface area contributed by atoms with Crippen LogP contribution in [0.5, 0.6) is 0 Å². The monoisotopic (exact) mass is 480 g/mol. The Labute approximate surface area is 201 Å². The first kappa shape index (κ1) is 24.0. The Morgan fingerprint density at radius 2 is 1.82 bits per heavy atom. The second-order valence-corrected chi connectivity index (χ2v) is 9.06. The van der Waals surface area contributed by atoms with E-state index in [1.54, 1.807) is 11.9 Å². The summed E-state index contributed by atoms with van der Waals surface area (Å²) in [6, 6.07) is 15.2. The molecule has 0 aliphatic carbocycles. The van der Waals surface area contributed by atoms with Crippen LogP contribution in [-0.4, -0.2) is 61.5 Å². The summed E-state index contributed by atoms with van der Waals surface area (Å²) in [4.78, 5) is 13.2. The molecule has 178 valence electrons. The number of anilines is 1. The zero-order chi connectivity index (χ0) is 24.2. The van der Waals surface area contributed by atoms with Crippen LogP contribution in [0.2, 0.25) is 0 Å². The number of para-hydroxylation sites is 1. The summed E-state index contributed by atoms with van der Waals surface area (Å²) < 4.78 is 30.4. The van der Waals surface area contributed by atoms with E-state index in [4.69, 9.17) is 9.52 Å². The van der Waals surface area contributed by atoms with Gasteiger partial charge < -0.3 is 19.0 Å². The summed E-state index contributed by atoms with van der Waals surface area (Å²) in [7, 11) is 0. The largest absolute Gasteiger partial charge is 0.759 e. The molecule has 34 heavy (non-hydrogen) atoms. The second kappa shape index (κ2) is 10.4. The molecule has 0 bridgehead atoms. The molecule has 8 nitrogen and oxygen atoms in total. The fourth-order valence-electron chi connectivity index (χ4n) is 4.18. The number of piperazine rings is 1. The molecule has 4 rings (SSSR count). The van der Waals surface area contributed by atoms with Crippen LogP contribution in [0, 0.1) is 18.8 Å². The molecule has 2 aromatic carbocycles. The molecule has 2 atom stereocenters. The van der Waals surface area contributed by atoms with Gasteiger partial charge in [0, 0.05) is 65.7 Å². The van der Waals surface area contributed by atoms with Gasteiger partial charge in [0.1, 0.15) is 5.58 Å². The molecule has 3 aromatic rings. The third kappa shape index (κ3) is 5.32. The first-order chi connectivity index (χ1) is 16.3. The van der Waals surface area contributed by atoms with Crippen LogP contribution in [0.25, 0.3) is 11.0 Å². The van der Waals surface area contributed by atoms with E-state index in [9.17, 15) is 13.6 Å². The van der Waals surface area contributed by atoms with Crippen molar-refractivity contribution < 1.29 is 23.1 Å². The number of carbonyl (C=O) groups is 1. The predicted molar refractivity (Wildman–Crippen MR) is 130 cm³/mol. The number of carboxylic acid groups (broad SMARTS) is 1. The highest BCUT2D eigenvalue weighted by molar-refractivity contribution is 7.76. The predicted octanol–water partition coefficient (Wildman–Crippen LogP) is 3.14.